The molecule has 0 saturated carbocycles. The van der Waals surface area contributed by atoms with Crippen molar-refractivity contribution in [3.8, 4) is 11.1 Å². The van der Waals surface area contributed by atoms with Crippen LogP contribution >= 0.6 is 12.4 Å². The molecule has 25 heavy (non-hydrogen) atoms. The van der Waals surface area contributed by atoms with Crippen LogP contribution in [-0.2, 0) is 20.4 Å². The summed E-state index contributed by atoms with van der Waals surface area (Å²) >= 11 is -1.63. The summed E-state index contributed by atoms with van der Waals surface area (Å²) in [6, 6.07) is 17.8. The van der Waals surface area contributed by atoms with Gasteiger partial charge in [-0.25, -0.2) is 0 Å². The number of hydrogen-bond donors (Lipinski definition) is 0. The Morgan fingerprint density at radius 3 is 2.48 bits per heavy atom. The molecule has 126 valence electrons. The van der Waals surface area contributed by atoms with E-state index in [1.165, 1.54) is 23.1 Å². The molecule has 0 spiro atoms. The van der Waals surface area contributed by atoms with Crippen LogP contribution in [0.2, 0.25) is 13.1 Å². The quantitative estimate of drug-likeness (QED) is 0.473. The first-order valence-electron chi connectivity index (χ1n) is 8.65. The van der Waals surface area contributed by atoms with Crippen LogP contribution in [0.4, 0.5) is 0 Å². The molecule has 0 heterocycles. The van der Waals surface area contributed by atoms with E-state index in [1.54, 1.807) is 5.56 Å². The number of rotatable bonds is 3. The number of allylic oxidation sites excluding steroid dienone is 5. The molecule has 0 saturated heterocycles. The van der Waals surface area contributed by atoms with Gasteiger partial charge in [-0.15, -0.1) is 12.4 Å². The molecule has 2 aromatic rings. The fourth-order valence-corrected chi connectivity index (χ4v) is 21.7. The monoisotopic (exact) mass is 440 g/mol. The minimum atomic E-state index is -1.63. The van der Waals surface area contributed by atoms with Crippen molar-refractivity contribution < 1.29 is 20.4 Å². The van der Waals surface area contributed by atoms with Gasteiger partial charge in [0.05, 0.1) is 0 Å². The molecule has 1 unspecified atom stereocenters. The Morgan fingerprint density at radius 2 is 1.80 bits per heavy atom. The van der Waals surface area contributed by atoms with E-state index in [0.717, 1.165) is 3.63 Å². The van der Waals surface area contributed by atoms with Gasteiger partial charge in [0.2, 0.25) is 0 Å². The Balaban J connectivity index is 0.00000182. The Kier molecular flexibility index (Phi) is 6.15. The van der Waals surface area contributed by atoms with Crippen LogP contribution in [0, 0.1) is 0 Å². The minimum Gasteiger partial charge on any atom is -0.147 e. The molecule has 2 aromatic carbocycles. The summed E-state index contributed by atoms with van der Waals surface area (Å²) in [7, 11) is 0. The van der Waals surface area contributed by atoms with Crippen molar-refractivity contribution in [3.63, 3.8) is 0 Å². The van der Waals surface area contributed by atoms with Crippen LogP contribution in [0.3, 0.4) is 0 Å². The summed E-state index contributed by atoms with van der Waals surface area (Å²) in [6.45, 7) is 5.09. The zero-order valence-corrected chi connectivity index (χ0v) is 19.0. The van der Waals surface area contributed by atoms with Crippen LogP contribution in [0.5, 0.6) is 0 Å². The van der Waals surface area contributed by atoms with E-state index >= 15 is 0 Å². The standard InChI is InChI=1S/C15H11.C5H5.C2H6Si.ClH.Zr/c1-2-6-12(7-3-1)14-10-4-8-13-9-5-11-15(13)14;1-2-4-5-3-1;1-3-2;;/h1-11H;1-3H,4H2;1-2H3;1H;. The average molecular weight is 442 g/mol. The summed E-state index contributed by atoms with van der Waals surface area (Å²) in [5, 5.41) is 0. The first-order valence-corrected chi connectivity index (χ1v) is 17.5. The largest absolute Gasteiger partial charge is 0.147 e. The zero-order chi connectivity index (χ0) is 16.5. The predicted octanol–water partition coefficient (Wildman–Crippen LogP) is 6.56. The molecule has 3 heteroatoms. The van der Waals surface area contributed by atoms with E-state index < -0.39 is 20.4 Å². The molecule has 2 aliphatic rings. The maximum atomic E-state index is 2.55. The summed E-state index contributed by atoms with van der Waals surface area (Å²) < 4.78 is 2.56. The van der Waals surface area contributed by atoms with Crippen molar-refractivity contribution in [2.45, 2.75) is 23.1 Å². The fraction of sp³-hybridized carbons (Fsp3) is 0.182. The third-order valence-corrected chi connectivity index (χ3v) is 23.1. The second-order valence-electron chi connectivity index (χ2n) is 6.75. The third-order valence-electron chi connectivity index (χ3n) is 4.98. The van der Waals surface area contributed by atoms with Crippen molar-refractivity contribution >= 4 is 23.9 Å². The second-order valence-corrected chi connectivity index (χ2v) is 24.5. The fourth-order valence-electron chi connectivity index (χ4n) is 3.94. The van der Waals surface area contributed by atoms with Gasteiger partial charge in [0, 0.05) is 0 Å². The maximum absolute atomic E-state index is 2.55. The Hall–Kier alpha value is -0.950. The van der Waals surface area contributed by atoms with Crippen molar-refractivity contribution in [3.05, 3.63) is 87.2 Å². The van der Waals surface area contributed by atoms with Gasteiger partial charge in [0.1, 0.15) is 0 Å². The van der Waals surface area contributed by atoms with E-state index in [-0.39, 0.29) is 17.8 Å². The predicted molar refractivity (Wildman–Crippen MR) is 110 cm³/mol. The molecular formula is C22H23ClSiZr. The van der Waals surface area contributed by atoms with Crippen LogP contribution in [0.1, 0.15) is 21.2 Å². The molecule has 0 aliphatic heterocycles. The topological polar surface area (TPSA) is 0 Å². The number of fused-ring (bicyclic) bond motifs is 1. The summed E-state index contributed by atoms with van der Waals surface area (Å²) in [6.07, 6.45) is 13.3. The van der Waals surface area contributed by atoms with Gasteiger partial charge in [0.25, 0.3) is 0 Å². The maximum Gasteiger partial charge on any atom is -0.147 e. The third kappa shape index (κ3) is 3.63. The molecule has 0 N–H and O–H groups in total. The normalized spacial score (nSPS) is 17.0. The van der Waals surface area contributed by atoms with Gasteiger partial charge in [-0.2, -0.15) is 0 Å². The van der Waals surface area contributed by atoms with Gasteiger partial charge in [0.15, 0.2) is 0 Å². The van der Waals surface area contributed by atoms with Gasteiger partial charge in [-0.3, -0.25) is 0 Å². The SMILES string of the molecule is C[Si](C)=[Zr]([C]1=CC=CC1)[CH]1C=Cc2c(-c3ccccc3)cccc21.Cl. The summed E-state index contributed by atoms with van der Waals surface area (Å²) in [4.78, 5) is 0. The first-order chi connectivity index (χ1) is 11.8. The Labute approximate surface area is 165 Å². The van der Waals surface area contributed by atoms with Gasteiger partial charge < -0.3 is 0 Å². The molecule has 0 bridgehead atoms. The molecule has 0 amide bonds. The van der Waals surface area contributed by atoms with Crippen LogP contribution in [-0.4, -0.2) is 5.43 Å². The average Bonchev–Trinajstić information content (AvgIpc) is 3.26. The van der Waals surface area contributed by atoms with E-state index in [2.05, 4.69) is 92.0 Å². The summed E-state index contributed by atoms with van der Waals surface area (Å²) in [5.41, 5.74) is 5.59. The molecule has 1 atom stereocenters. The smallest absolute Gasteiger partial charge is 0.147 e. The van der Waals surface area contributed by atoms with Crippen molar-refractivity contribution in [2.24, 2.45) is 0 Å². The number of benzene rings is 2. The molecule has 4 rings (SSSR count). The molecular weight excluding hydrogens is 419 g/mol. The van der Waals surface area contributed by atoms with Crippen LogP contribution in [0.15, 0.2) is 76.1 Å². The van der Waals surface area contributed by atoms with Gasteiger partial charge in [-0.1, -0.05) is 0 Å². The molecule has 2 aliphatic carbocycles. The zero-order valence-electron chi connectivity index (χ0n) is 14.7. The van der Waals surface area contributed by atoms with E-state index in [9.17, 15) is 0 Å². The van der Waals surface area contributed by atoms with Crippen molar-refractivity contribution in [1.82, 2.24) is 0 Å². The number of hydrogen-bond acceptors (Lipinski definition) is 0. The van der Waals surface area contributed by atoms with E-state index in [0.29, 0.717) is 0 Å². The van der Waals surface area contributed by atoms with Crippen LogP contribution < -0.4 is 0 Å². The molecule has 0 aromatic heterocycles. The molecule has 0 fully saturated rings. The Morgan fingerprint density at radius 1 is 1.00 bits per heavy atom. The molecule has 0 radical (unpaired) electrons. The summed E-state index contributed by atoms with van der Waals surface area (Å²) in [5.74, 6) is 0. The molecule has 0 nitrogen and oxygen atoms in total. The van der Waals surface area contributed by atoms with E-state index in [4.69, 9.17) is 0 Å². The number of halogens is 1. The second kappa shape index (κ2) is 8.16. The van der Waals surface area contributed by atoms with Crippen molar-refractivity contribution in [2.75, 3.05) is 0 Å². The van der Waals surface area contributed by atoms with Crippen molar-refractivity contribution in [1.29, 1.82) is 0 Å². The van der Waals surface area contributed by atoms with Gasteiger partial charge in [-0.05, 0) is 0 Å². The first kappa shape index (κ1) is 18.8. The Bertz CT molecular complexity index is 903. The van der Waals surface area contributed by atoms with Crippen LogP contribution in [0.25, 0.3) is 17.2 Å². The van der Waals surface area contributed by atoms with E-state index in [1.807, 2.05) is 3.28 Å². The minimum absolute atomic E-state index is 0. The van der Waals surface area contributed by atoms with Gasteiger partial charge >= 0.3 is 153 Å².